The fraction of sp³-hybridized carbons (Fsp3) is 0.526. The van der Waals surface area contributed by atoms with E-state index >= 15 is 0 Å². The van der Waals surface area contributed by atoms with Gasteiger partial charge >= 0.3 is 0 Å². The van der Waals surface area contributed by atoms with E-state index in [1.807, 2.05) is 24.3 Å². The third kappa shape index (κ3) is 4.07. The summed E-state index contributed by atoms with van der Waals surface area (Å²) in [4.78, 5) is 2.31. The smallest absolute Gasteiger partial charge is 0.150 e. The van der Waals surface area contributed by atoms with Gasteiger partial charge in [-0.15, -0.1) is 0 Å². The molecule has 0 radical (unpaired) electrons. The van der Waals surface area contributed by atoms with Crippen LogP contribution in [0.5, 0.6) is 5.75 Å². The molecule has 2 saturated heterocycles. The summed E-state index contributed by atoms with van der Waals surface area (Å²) in [5.41, 5.74) is 1.66. The lowest BCUT2D eigenvalue weighted by atomic mass is 9.90. The van der Waals surface area contributed by atoms with Gasteiger partial charge in [0.1, 0.15) is 5.75 Å². The van der Waals surface area contributed by atoms with Crippen molar-refractivity contribution >= 4 is 0 Å². The second-order valence-corrected chi connectivity index (χ2v) is 7.11. The van der Waals surface area contributed by atoms with Crippen LogP contribution in [-0.2, 0) is 29.0 Å². The molecule has 0 bridgehead atoms. The van der Waals surface area contributed by atoms with Gasteiger partial charge in [-0.25, -0.2) is 0 Å². The number of para-hydroxylation sites is 1. The van der Waals surface area contributed by atoms with E-state index in [1.54, 1.807) is 6.07 Å². The van der Waals surface area contributed by atoms with Crippen LogP contribution in [0.1, 0.15) is 17.0 Å². The minimum absolute atomic E-state index is 0.157. The Hall–Kier alpha value is -1.93. The second-order valence-electron chi connectivity index (χ2n) is 7.11. The van der Waals surface area contributed by atoms with Crippen LogP contribution in [0.4, 0.5) is 0 Å². The predicted octanol–water partition coefficient (Wildman–Crippen LogP) is 1.31. The van der Waals surface area contributed by atoms with E-state index in [-0.39, 0.29) is 5.54 Å². The average molecular weight is 359 g/mol. The largest absolute Gasteiger partial charge is 0.508 e. The van der Waals surface area contributed by atoms with Crippen molar-refractivity contribution in [2.75, 3.05) is 39.5 Å². The lowest BCUT2D eigenvalue weighted by Gasteiger charge is -2.42. The summed E-state index contributed by atoms with van der Waals surface area (Å²) >= 11 is 0. The summed E-state index contributed by atoms with van der Waals surface area (Å²) in [7, 11) is 0. The van der Waals surface area contributed by atoms with Gasteiger partial charge in [0.25, 0.3) is 0 Å². The lowest BCUT2D eigenvalue weighted by Crippen LogP contribution is -2.61. The number of aromatic nitrogens is 1. The number of aromatic hydroxyl groups is 1. The summed E-state index contributed by atoms with van der Waals surface area (Å²) in [6.07, 6.45) is 0.743. The van der Waals surface area contributed by atoms with Crippen molar-refractivity contribution in [3.8, 4) is 5.75 Å². The highest BCUT2D eigenvalue weighted by Crippen LogP contribution is 2.25. The Kier molecular flexibility index (Phi) is 5.21. The van der Waals surface area contributed by atoms with Gasteiger partial charge in [-0.2, -0.15) is 0 Å². The fourth-order valence-corrected chi connectivity index (χ4v) is 3.40. The third-order valence-electron chi connectivity index (χ3n) is 5.01. The van der Waals surface area contributed by atoms with Gasteiger partial charge in [0, 0.05) is 37.7 Å². The lowest BCUT2D eigenvalue weighted by molar-refractivity contribution is -0.0756. The maximum atomic E-state index is 9.93. The Labute approximate surface area is 152 Å². The molecule has 7 nitrogen and oxygen atoms in total. The van der Waals surface area contributed by atoms with E-state index in [2.05, 4.69) is 15.4 Å². The zero-order valence-electron chi connectivity index (χ0n) is 14.8. The molecule has 0 aliphatic carbocycles. The van der Waals surface area contributed by atoms with Crippen LogP contribution in [0.2, 0.25) is 0 Å². The van der Waals surface area contributed by atoms with Crippen LogP contribution < -0.4 is 5.32 Å². The van der Waals surface area contributed by atoms with Crippen LogP contribution in [0.25, 0.3) is 0 Å². The Balaban J connectivity index is 1.35. The predicted molar refractivity (Wildman–Crippen MR) is 94.8 cm³/mol. The molecule has 0 unspecified atom stereocenters. The Morgan fingerprint density at radius 2 is 1.96 bits per heavy atom. The molecule has 4 rings (SSSR count). The quantitative estimate of drug-likeness (QED) is 0.772. The van der Waals surface area contributed by atoms with Crippen molar-refractivity contribution in [1.29, 1.82) is 0 Å². The molecule has 2 N–H and O–H groups in total. The summed E-state index contributed by atoms with van der Waals surface area (Å²) in [6.45, 7) is 6.03. The molecule has 0 saturated carbocycles. The first-order valence-electron chi connectivity index (χ1n) is 9.07. The first-order valence-corrected chi connectivity index (χ1v) is 9.07. The highest BCUT2D eigenvalue weighted by atomic mass is 16.5. The second kappa shape index (κ2) is 7.75. The molecule has 0 amide bonds. The van der Waals surface area contributed by atoms with E-state index in [0.29, 0.717) is 25.5 Å². The molecule has 7 heteroatoms. The molecule has 26 heavy (non-hydrogen) atoms. The summed E-state index contributed by atoms with van der Waals surface area (Å²) in [5, 5.41) is 17.7. The molecule has 2 fully saturated rings. The average Bonchev–Trinajstić information content (AvgIpc) is 3.06. The number of hydrogen-bond acceptors (Lipinski definition) is 7. The zero-order chi connectivity index (χ0) is 17.8. The Bertz CT molecular complexity index is 723. The maximum Gasteiger partial charge on any atom is 0.150 e. The van der Waals surface area contributed by atoms with Crippen molar-refractivity contribution in [3.05, 3.63) is 47.3 Å². The molecule has 0 spiro atoms. The van der Waals surface area contributed by atoms with Crippen molar-refractivity contribution in [1.82, 2.24) is 15.4 Å². The molecule has 2 aliphatic rings. The van der Waals surface area contributed by atoms with Gasteiger partial charge in [0.2, 0.25) is 0 Å². The third-order valence-corrected chi connectivity index (χ3v) is 5.01. The molecular weight excluding hydrogens is 334 g/mol. The van der Waals surface area contributed by atoms with E-state index < -0.39 is 0 Å². The standard InChI is InChI=1S/C19H25N3O4/c23-18-4-2-1-3-15(18)11-20-19(13-25-14-19)10-16-9-17(26-21-16)12-22-5-7-24-8-6-22/h1-4,9,20,23H,5-8,10-14H2. The van der Waals surface area contributed by atoms with E-state index in [0.717, 1.165) is 56.3 Å². The highest BCUT2D eigenvalue weighted by Gasteiger charge is 2.39. The molecule has 140 valence electrons. The Morgan fingerprint density at radius 1 is 1.15 bits per heavy atom. The molecule has 1 aromatic carbocycles. The highest BCUT2D eigenvalue weighted by molar-refractivity contribution is 5.31. The number of ether oxygens (including phenoxy) is 2. The maximum absolute atomic E-state index is 9.93. The first-order chi connectivity index (χ1) is 12.7. The number of hydrogen-bond donors (Lipinski definition) is 2. The van der Waals surface area contributed by atoms with Crippen molar-refractivity contribution in [2.45, 2.75) is 25.0 Å². The van der Waals surface area contributed by atoms with Gasteiger partial charge < -0.3 is 24.4 Å². The molecule has 2 aromatic rings. The number of nitrogens with zero attached hydrogens (tertiary/aromatic N) is 2. The zero-order valence-corrected chi connectivity index (χ0v) is 14.8. The number of nitrogens with one attached hydrogen (secondary N) is 1. The van der Waals surface area contributed by atoms with Crippen LogP contribution in [0.15, 0.2) is 34.9 Å². The van der Waals surface area contributed by atoms with Gasteiger partial charge in [0.05, 0.1) is 44.2 Å². The molecule has 1 aromatic heterocycles. The number of morpholine rings is 1. The van der Waals surface area contributed by atoms with E-state index in [1.165, 1.54) is 0 Å². The molecule has 2 aliphatic heterocycles. The topological polar surface area (TPSA) is 80.0 Å². The minimum atomic E-state index is -0.157. The number of rotatable bonds is 7. The Morgan fingerprint density at radius 3 is 2.69 bits per heavy atom. The van der Waals surface area contributed by atoms with Crippen molar-refractivity contribution in [2.24, 2.45) is 0 Å². The van der Waals surface area contributed by atoms with Gasteiger partial charge in [-0.3, -0.25) is 4.90 Å². The van der Waals surface area contributed by atoms with Gasteiger partial charge in [0.15, 0.2) is 5.76 Å². The van der Waals surface area contributed by atoms with Crippen LogP contribution in [0, 0.1) is 0 Å². The molecule has 0 atom stereocenters. The summed E-state index contributed by atoms with van der Waals surface area (Å²) in [5.74, 6) is 1.20. The fourth-order valence-electron chi connectivity index (χ4n) is 3.40. The number of phenolic OH excluding ortho intramolecular Hbond substituents is 1. The number of benzene rings is 1. The van der Waals surface area contributed by atoms with E-state index in [4.69, 9.17) is 14.0 Å². The minimum Gasteiger partial charge on any atom is -0.508 e. The van der Waals surface area contributed by atoms with Crippen molar-refractivity contribution in [3.63, 3.8) is 0 Å². The normalized spacial score (nSPS) is 20.0. The first kappa shape index (κ1) is 17.5. The SMILES string of the molecule is Oc1ccccc1CNC1(Cc2cc(CN3CCOCC3)on2)COC1. The molecule has 3 heterocycles. The monoisotopic (exact) mass is 359 g/mol. The number of phenols is 1. The van der Waals surface area contributed by atoms with Gasteiger partial charge in [-0.1, -0.05) is 23.4 Å². The van der Waals surface area contributed by atoms with Crippen LogP contribution >= 0.6 is 0 Å². The summed E-state index contributed by atoms with van der Waals surface area (Å²) in [6, 6.07) is 9.42. The molecular formula is C19H25N3O4. The van der Waals surface area contributed by atoms with E-state index in [9.17, 15) is 5.11 Å². The van der Waals surface area contributed by atoms with Crippen LogP contribution in [-0.4, -0.2) is 60.2 Å². The van der Waals surface area contributed by atoms with Crippen molar-refractivity contribution < 1.29 is 19.1 Å². The van der Waals surface area contributed by atoms with Gasteiger partial charge in [-0.05, 0) is 6.07 Å². The van der Waals surface area contributed by atoms with Crippen LogP contribution in [0.3, 0.4) is 0 Å². The summed E-state index contributed by atoms with van der Waals surface area (Å²) < 4.78 is 16.3.